The van der Waals surface area contributed by atoms with Crippen LogP contribution in [0.15, 0.2) is 34.0 Å². The molecule has 0 amide bonds. The van der Waals surface area contributed by atoms with Crippen LogP contribution in [0.1, 0.15) is 42.9 Å². The van der Waals surface area contributed by atoms with Gasteiger partial charge in [0.2, 0.25) is 5.88 Å². The first-order valence-corrected chi connectivity index (χ1v) is 10.9. The molecule has 2 heterocycles. The Morgan fingerprint density at radius 3 is 2.81 bits per heavy atom. The summed E-state index contributed by atoms with van der Waals surface area (Å²) in [6, 6.07) is 5.63. The van der Waals surface area contributed by atoms with E-state index in [1.807, 2.05) is 6.07 Å². The third kappa shape index (κ3) is 3.50. The van der Waals surface area contributed by atoms with Crippen LogP contribution >= 0.6 is 0 Å². The molecule has 1 saturated carbocycles. The minimum atomic E-state index is -3.67. The van der Waals surface area contributed by atoms with Crippen LogP contribution in [0.3, 0.4) is 0 Å². The highest BCUT2D eigenvalue weighted by atomic mass is 32.2. The number of benzene rings is 1. The number of ether oxygens (including phenoxy) is 1. The molecule has 144 valence electrons. The molecule has 1 aromatic carbocycles. The molecule has 2 aliphatic rings. The van der Waals surface area contributed by atoms with Crippen molar-refractivity contribution in [3.05, 3.63) is 51.8 Å². The number of hydrogen-bond acceptors (Lipinski definition) is 5. The van der Waals surface area contributed by atoms with E-state index >= 15 is 0 Å². The van der Waals surface area contributed by atoms with E-state index in [1.165, 1.54) is 18.6 Å². The van der Waals surface area contributed by atoms with E-state index in [9.17, 15) is 17.6 Å². The first-order valence-electron chi connectivity index (χ1n) is 9.06. The van der Waals surface area contributed by atoms with Crippen molar-refractivity contribution in [1.82, 2.24) is 9.55 Å². The zero-order chi connectivity index (χ0) is 19.2. The number of aromatic nitrogens is 2. The Morgan fingerprint density at radius 2 is 2.04 bits per heavy atom. The molecule has 1 fully saturated rings. The van der Waals surface area contributed by atoms with Crippen molar-refractivity contribution in [2.24, 2.45) is 5.92 Å². The number of rotatable bonds is 4. The van der Waals surface area contributed by atoms with E-state index in [1.54, 1.807) is 4.57 Å². The van der Waals surface area contributed by atoms with Gasteiger partial charge in [0.15, 0.2) is 9.84 Å². The first-order chi connectivity index (χ1) is 12.8. The average molecular weight is 392 g/mol. The Hall–Kier alpha value is -2.22. The minimum absolute atomic E-state index is 0.00673. The Balaban J connectivity index is 1.57. The van der Waals surface area contributed by atoms with Gasteiger partial charge in [-0.3, -0.25) is 4.57 Å². The Morgan fingerprint density at radius 1 is 1.26 bits per heavy atom. The molecule has 4 rings (SSSR count). The predicted molar refractivity (Wildman–Crippen MR) is 97.0 cm³/mol. The van der Waals surface area contributed by atoms with Crippen molar-refractivity contribution in [3.8, 4) is 5.88 Å². The highest BCUT2D eigenvalue weighted by Crippen LogP contribution is 2.43. The van der Waals surface area contributed by atoms with Gasteiger partial charge in [-0.05, 0) is 36.5 Å². The summed E-state index contributed by atoms with van der Waals surface area (Å²) in [5.41, 5.74) is 1.16. The van der Waals surface area contributed by atoms with Gasteiger partial charge in [0, 0.05) is 30.5 Å². The number of hydrogen-bond donors (Lipinski definition) is 0. The van der Waals surface area contributed by atoms with Crippen LogP contribution in [-0.2, 0) is 23.0 Å². The molecule has 8 heteroatoms. The molecular formula is C19H21FN2O4S. The van der Waals surface area contributed by atoms with E-state index in [0.717, 1.165) is 43.8 Å². The number of halogens is 1. The van der Waals surface area contributed by atoms with E-state index in [4.69, 9.17) is 4.74 Å². The number of sulfone groups is 1. The molecule has 27 heavy (non-hydrogen) atoms. The molecule has 6 nitrogen and oxygen atoms in total. The zero-order valence-corrected chi connectivity index (χ0v) is 15.8. The van der Waals surface area contributed by atoms with Gasteiger partial charge in [-0.1, -0.05) is 18.9 Å². The SMILES string of the molecule is CS(=O)(=O)c1cc(COc2cc3n(c(=O)n2)CC2CCCCC32)ccc1F. The molecule has 0 saturated heterocycles. The maximum Gasteiger partial charge on any atom is 0.351 e. The van der Waals surface area contributed by atoms with Crippen LogP contribution in [0.4, 0.5) is 4.39 Å². The van der Waals surface area contributed by atoms with Gasteiger partial charge >= 0.3 is 5.69 Å². The summed E-state index contributed by atoms with van der Waals surface area (Å²) < 4.78 is 44.4. The van der Waals surface area contributed by atoms with Crippen molar-refractivity contribution < 1.29 is 17.5 Å². The fourth-order valence-electron chi connectivity index (χ4n) is 4.20. The zero-order valence-electron chi connectivity index (χ0n) is 15.0. The number of nitrogens with zero attached hydrogens (tertiary/aromatic N) is 2. The molecule has 0 spiro atoms. The van der Waals surface area contributed by atoms with Gasteiger partial charge in [0.05, 0.1) is 0 Å². The van der Waals surface area contributed by atoms with Gasteiger partial charge in [0.1, 0.15) is 17.3 Å². The summed E-state index contributed by atoms with van der Waals surface area (Å²) in [4.78, 5) is 16.0. The summed E-state index contributed by atoms with van der Waals surface area (Å²) >= 11 is 0. The van der Waals surface area contributed by atoms with Crippen LogP contribution in [0.2, 0.25) is 0 Å². The third-order valence-electron chi connectivity index (χ3n) is 5.51. The van der Waals surface area contributed by atoms with Crippen molar-refractivity contribution in [2.45, 2.75) is 49.6 Å². The molecule has 1 aliphatic carbocycles. The Bertz CT molecular complexity index is 1050. The minimum Gasteiger partial charge on any atom is -0.473 e. The molecule has 0 N–H and O–H groups in total. The van der Waals surface area contributed by atoms with E-state index in [2.05, 4.69) is 4.98 Å². The topological polar surface area (TPSA) is 78.3 Å². The monoisotopic (exact) mass is 392 g/mol. The largest absolute Gasteiger partial charge is 0.473 e. The van der Waals surface area contributed by atoms with Gasteiger partial charge in [-0.15, -0.1) is 0 Å². The van der Waals surface area contributed by atoms with Gasteiger partial charge in [-0.2, -0.15) is 4.98 Å². The summed E-state index contributed by atoms with van der Waals surface area (Å²) in [7, 11) is -3.67. The Kier molecular flexibility index (Phi) is 4.53. The van der Waals surface area contributed by atoms with Gasteiger partial charge in [-0.25, -0.2) is 17.6 Å². The second-order valence-corrected chi connectivity index (χ2v) is 9.37. The van der Waals surface area contributed by atoms with Gasteiger partial charge < -0.3 is 4.74 Å². The second kappa shape index (κ2) is 6.74. The highest BCUT2D eigenvalue weighted by Gasteiger charge is 2.35. The lowest BCUT2D eigenvalue weighted by Crippen LogP contribution is -2.23. The van der Waals surface area contributed by atoms with Crippen LogP contribution in [-0.4, -0.2) is 24.2 Å². The van der Waals surface area contributed by atoms with Crippen LogP contribution in [0, 0.1) is 11.7 Å². The van der Waals surface area contributed by atoms with Gasteiger partial charge in [0.25, 0.3) is 0 Å². The normalized spacial score (nSPS) is 21.6. The summed E-state index contributed by atoms with van der Waals surface area (Å²) in [6.45, 7) is 0.731. The maximum atomic E-state index is 13.7. The molecule has 1 aromatic heterocycles. The smallest absolute Gasteiger partial charge is 0.351 e. The average Bonchev–Trinajstić information content (AvgIpc) is 2.99. The van der Waals surface area contributed by atoms with E-state index in [0.29, 0.717) is 17.4 Å². The van der Waals surface area contributed by atoms with Crippen molar-refractivity contribution in [3.63, 3.8) is 0 Å². The molecule has 0 radical (unpaired) electrons. The summed E-state index contributed by atoms with van der Waals surface area (Å²) in [5, 5.41) is 0. The summed E-state index contributed by atoms with van der Waals surface area (Å²) in [5.74, 6) is 0.304. The molecule has 1 aliphatic heterocycles. The van der Waals surface area contributed by atoms with Crippen LogP contribution in [0.5, 0.6) is 5.88 Å². The van der Waals surface area contributed by atoms with Crippen LogP contribution < -0.4 is 10.4 Å². The molecular weight excluding hydrogens is 371 g/mol. The summed E-state index contributed by atoms with van der Waals surface area (Å²) in [6.07, 6.45) is 5.53. The Labute approximate surface area is 156 Å². The maximum absolute atomic E-state index is 13.7. The highest BCUT2D eigenvalue weighted by molar-refractivity contribution is 7.90. The second-order valence-electron chi connectivity index (χ2n) is 7.39. The fraction of sp³-hybridized carbons (Fsp3) is 0.474. The molecule has 2 atom stereocenters. The quantitative estimate of drug-likeness (QED) is 0.799. The fourth-order valence-corrected chi connectivity index (χ4v) is 4.98. The molecule has 2 unspecified atom stereocenters. The lowest BCUT2D eigenvalue weighted by molar-refractivity contribution is 0.290. The van der Waals surface area contributed by atoms with Crippen LogP contribution in [0.25, 0.3) is 0 Å². The van der Waals surface area contributed by atoms with Crippen molar-refractivity contribution >= 4 is 9.84 Å². The molecule has 0 bridgehead atoms. The van der Waals surface area contributed by atoms with E-state index in [-0.39, 0.29) is 23.1 Å². The standard InChI is InChI=1S/C19H21FN2O4S/c1-27(24,25)17-8-12(6-7-15(17)20)11-26-18-9-16-14-5-3-2-4-13(14)10-22(16)19(23)21-18/h6-9,13-14H,2-5,10-11H2,1H3. The van der Waals surface area contributed by atoms with Crippen molar-refractivity contribution in [2.75, 3.05) is 6.26 Å². The van der Waals surface area contributed by atoms with E-state index < -0.39 is 15.7 Å². The number of fused-ring (bicyclic) bond motifs is 3. The lowest BCUT2D eigenvalue weighted by Gasteiger charge is -2.24. The predicted octanol–water partition coefficient (Wildman–Crippen LogP) is 2.65. The molecule has 2 aromatic rings. The van der Waals surface area contributed by atoms with Crippen molar-refractivity contribution in [1.29, 1.82) is 0 Å². The third-order valence-corrected chi connectivity index (χ3v) is 6.62. The first kappa shape index (κ1) is 18.2. The lowest BCUT2D eigenvalue weighted by atomic mass is 9.80.